The zero-order chi connectivity index (χ0) is 22.2. The van der Waals surface area contributed by atoms with E-state index in [-0.39, 0.29) is 59.2 Å². The van der Waals surface area contributed by atoms with Gasteiger partial charge in [0.15, 0.2) is 0 Å². The average molecular weight is 433 g/mol. The van der Waals surface area contributed by atoms with Crippen LogP contribution in [0.3, 0.4) is 0 Å². The van der Waals surface area contributed by atoms with E-state index in [4.69, 9.17) is 0 Å². The van der Waals surface area contributed by atoms with Crippen molar-refractivity contribution in [2.24, 2.45) is 47.3 Å². The van der Waals surface area contributed by atoms with Crippen LogP contribution < -0.4 is 10.6 Å². The predicted molar refractivity (Wildman–Crippen MR) is 118 cm³/mol. The number of nitrogens with one attached hydrogen (secondary N) is 2. The molecule has 32 heavy (non-hydrogen) atoms. The van der Waals surface area contributed by atoms with E-state index in [0.29, 0.717) is 13.1 Å². The number of fused-ring (bicyclic) bond motifs is 4. The number of hydrogen-bond acceptors (Lipinski definition) is 4. The van der Waals surface area contributed by atoms with Crippen LogP contribution in [0.15, 0.2) is 48.6 Å². The summed E-state index contributed by atoms with van der Waals surface area (Å²) in [4.78, 5) is 48.4. The quantitative estimate of drug-likeness (QED) is 0.487. The molecule has 0 aromatic heterocycles. The van der Waals surface area contributed by atoms with E-state index in [1.807, 2.05) is 24.3 Å². The van der Waals surface area contributed by atoms with Crippen LogP contribution in [0.4, 0.5) is 0 Å². The molecule has 0 saturated heterocycles. The number of carbonyl (C=O) groups is 4. The van der Waals surface area contributed by atoms with Gasteiger partial charge in [-0.1, -0.05) is 48.6 Å². The molecule has 166 valence electrons. The molecular formula is C26H28N2O4. The topological polar surface area (TPSA) is 92.3 Å². The maximum atomic E-state index is 12.8. The van der Waals surface area contributed by atoms with Crippen molar-refractivity contribution in [1.29, 1.82) is 0 Å². The molecule has 6 heteroatoms. The summed E-state index contributed by atoms with van der Waals surface area (Å²) in [7, 11) is 0. The average Bonchev–Trinajstić information content (AvgIpc) is 3.61. The molecule has 0 spiro atoms. The fourth-order valence-corrected chi connectivity index (χ4v) is 6.29. The normalized spacial score (nSPS) is 35.8. The summed E-state index contributed by atoms with van der Waals surface area (Å²) in [6, 6.07) is 7.75. The van der Waals surface area contributed by atoms with E-state index in [2.05, 4.69) is 34.9 Å². The van der Waals surface area contributed by atoms with Gasteiger partial charge >= 0.3 is 0 Å². The molecule has 4 aliphatic rings. The Morgan fingerprint density at radius 2 is 1.19 bits per heavy atom. The summed E-state index contributed by atoms with van der Waals surface area (Å²) in [6.07, 6.45) is 11.9. The number of aldehydes is 2. The van der Waals surface area contributed by atoms with Crippen LogP contribution in [-0.4, -0.2) is 24.4 Å². The molecule has 8 atom stereocenters. The second-order valence-corrected chi connectivity index (χ2v) is 9.63. The van der Waals surface area contributed by atoms with Gasteiger partial charge in [-0.25, -0.2) is 0 Å². The number of benzene rings is 1. The van der Waals surface area contributed by atoms with E-state index < -0.39 is 0 Å². The maximum Gasteiger partial charge on any atom is 0.224 e. The zero-order valence-electron chi connectivity index (χ0n) is 17.9. The third-order valence-corrected chi connectivity index (χ3v) is 7.88. The van der Waals surface area contributed by atoms with Crippen molar-refractivity contribution in [1.82, 2.24) is 10.6 Å². The van der Waals surface area contributed by atoms with Crippen LogP contribution in [0, 0.1) is 47.3 Å². The lowest BCUT2D eigenvalue weighted by molar-refractivity contribution is -0.130. The highest BCUT2D eigenvalue weighted by molar-refractivity contribution is 5.84. The smallest absolute Gasteiger partial charge is 0.224 e. The van der Waals surface area contributed by atoms with Crippen molar-refractivity contribution in [2.75, 3.05) is 0 Å². The first-order chi connectivity index (χ1) is 15.6. The molecule has 5 rings (SSSR count). The van der Waals surface area contributed by atoms with Crippen molar-refractivity contribution in [2.45, 2.75) is 25.9 Å². The van der Waals surface area contributed by atoms with Gasteiger partial charge in [0, 0.05) is 24.9 Å². The van der Waals surface area contributed by atoms with Crippen LogP contribution in [0.1, 0.15) is 24.0 Å². The van der Waals surface area contributed by atoms with Gasteiger partial charge in [-0.15, -0.1) is 0 Å². The van der Waals surface area contributed by atoms with E-state index >= 15 is 0 Å². The molecular weight excluding hydrogens is 404 g/mol. The van der Waals surface area contributed by atoms with Crippen LogP contribution in [0.5, 0.6) is 0 Å². The lowest BCUT2D eigenvalue weighted by atomic mass is 9.83. The Balaban J connectivity index is 1.16. The monoisotopic (exact) mass is 432 g/mol. The van der Waals surface area contributed by atoms with Gasteiger partial charge in [0.1, 0.15) is 12.6 Å². The van der Waals surface area contributed by atoms with E-state index in [9.17, 15) is 19.2 Å². The van der Waals surface area contributed by atoms with Crippen molar-refractivity contribution in [3.8, 4) is 0 Å². The number of allylic oxidation sites excluding steroid dienone is 4. The fourth-order valence-electron chi connectivity index (χ4n) is 6.29. The lowest BCUT2D eigenvalue weighted by Gasteiger charge is -2.23. The van der Waals surface area contributed by atoms with E-state index in [0.717, 1.165) is 36.5 Å². The Bertz CT molecular complexity index is 924. The van der Waals surface area contributed by atoms with Gasteiger partial charge < -0.3 is 20.2 Å². The van der Waals surface area contributed by atoms with E-state index in [1.165, 1.54) is 0 Å². The molecule has 4 bridgehead atoms. The van der Waals surface area contributed by atoms with Crippen LogP contribution in [0.25, 0.3) is 0 Å². The first-order valence-corrected chi connectivity index (χ1v) is 11.5. The number of hydrogen-bond donors (Lipinski definition) is 2. The molecule has 8 unspecified atom stereocenters. The molecule has 2 fully saturated rings. The molecule has 0 heterocycles. The molecule has 2 amide bonds. The molecule has 0 radical (unpaired) electrons. The van der Waals surface area contributed by atoms with Crippen molar-refractivity contribution in [3.63, 3.8) is 0 Å². The number of amides is 2. The molecule has 6 nitrogen and oxygen atoms in total. The molecule has 0 aliphatic heterocycles. The fraction of sp³-hybridized carbons (Fsp3) is 0.462. The Hall–Kier alpha value is -3.02. The minimum absolute atomic E-state index is 0.0677. The highest BCUT2D eigenvalue weighted by atomic mass is 16.2. The van der Waals surface area contributed by atoms with Gasteiger partial charge in [0.05, 0.1) is 11.8 Å². The standard InChI is InChI=1S/C26H28N2O4/c29-13-21-17-4-6-19(9-17)23(21)25(31)27-11-15-2-1-3-16(8-15)12-28-26(32)24-20-7-5-18(10-20)22(24)14-30/h1-8,13-14,17-24H,9-12H2,(H,27,31)(H,28,32). The highest BCUT2D eigenvalue weighted by Gasteiger charge is 2.48. The summed E-state index contributed by atoms with van der Waals surface area (Å²) in [5.74, 6) is -0.402. The van der Waals surface area contributed by atoms with Crippen LogP contribution >= 0.6 is 0 Å². The maximum absolute atomic E-state index is 12.8. The summed E-state index contributed by atoms with van der Waals surface area (Å²) < 4.78 is 0. The zero-order valence-corrected chi connectivity index (χ0v) is 17.9. The number of rotatable bonds is 8. The minimum Gasteiger partial charge on any atom is -0.352 e. The Labute approximate surface area is 187 Å². The summed E-state index contributed by atoms with van der Waals surface area (Å²) >= 11 is 0. The first kappa shape index (κ1) is 20.9. The van der Waals surface area contributed by atoms with E-state index in [1.54, 1.807) is 0 Å². The molecule has 1 aromatic carbocycles. The summed E-state index contributed by atoms with van der Waals surface area (Å²) in [5, 5.41) is 5.99. The second-order valence-electron chi connectivity index (χ2n) is 9.63. The van der Waals surface area contributed by atoms with Crippen molar-refractivity contribution >= 4 is 24.4 Å². The second kappa shape index (κ2) is 8.49. The van der Waals surface area contributed by atoms with Gasteiger partial charge in [-0.05, 0) is 47.6 Å². The van der Waals surface area contributed by atoms with Gasteiger partial charge in [-0.2, -0.15) is 0 Å². The Kier molecular flexibility index (Phi) is 5.53. The third-order valence-electron chi connectivity index (χ3n) is 7.88. The Morgan fingerprint density at radius 3 is 1.62 bits per heavy atom. The van der Waals surface area contributed by atoms with Crippen molar-refractivity contribution in [3.05, 3.63) is 59.7 Å². The van der Waals surface area contributed by atoms with Gasteiger partial charge in [0.25, 0.3) is 0 Å². The van der Waals surface area contributed by atoms with Crippen LogP contribution in [0.2, 0.25) is 0 Å². The van der Waals surface area contributed by atoms with Gasteiger partial charge in [-0.3, -0.25) is 9.59 Å². The first-order valence-electron chi connectivity index (χ1n) is 11.5. The molecule has 1 aromatic rings. The summed E-state index contributed by atoms with van der Waals surface area (Å²) in [5.41, 5.74) is 1.89. The molecule has 2 N–H and O–H groups in total. The largest absolute Gasteiger partial charge is 0.352 e. The molecule has 2 saturated carbocycles. The summed E-state index contributed by atoms with van der Waals surface area (Å²) in [6.45, 7) is 0.766. The number of carbonyl (C=O) groups excluding carboxylic acids is 4. The van der Waals surface area contributed by atoms with Crippen molar-refractivity contribution < 1.29 is 19.2 Å². The Morgan fingerprint density at radius 1 is 0.750 bits per heavy atom. The highest BCUT2D eigenvalue weighted by Crippen LogP contribution is 2.48. The van der Waals surface area contributed by atoms with Crippen LogP contribution in [-0.2, 0) is 32.3 Å². The molecule has 4 aliphatic carbocycles. The third kappa shape index (κ3) is 3.61. The predicted octanol–water partition coefficient (Wildman–Crippen LogP) is 2.19. The van der Waals surface area contributed by atoms with Gasteiger partial charge in [0.2, 0.25) is 11.8 Å². The minimum atomic E-state index is -0.272. The SMILES string of the molecule is O=CC1C2C=CC(C2)C1C(=O)NCc1cccc(CNC(=O)C2C3C=CC(C3)C2C=O)c1. The lowest BCUT2D eigenvalue weighted by Crippen LogP contribution is -2.38.